The van der Waals surface area contributed by atoms with Crippen molar-refractivity contribution in [3.05, 3.63) is 45.5 Å². The Labute approximate surface area is 355 Å². The van der Waals surface area contributed by atoms with Crippen molar-refractivity contribution in [2.75, 3.05) is 13.1 Å². The number of amides is 4. The average Bonchev–Trinajstić information content (AvgIpc) is 3.91. The lowest BCUT2D eigenvalue weighted by molar-refractivity contribution is -0.485. The van der Waals surface area contributed by atoms with Crippen molar-refractivity contribution >= 4 is 36.7 Å². The summed E-state index contributed by atoms with van der Waals surface area (Å²) in [5, 5.41) is 22.2. The number of nitrogens with two attached hydrogens (primary N) is 1. The molecule has 15 nitrogen and oxygen atoms in total. The summed E-state index contributed by atoms with van der Waals surface area (Å²) in [7, 11) is -0.605. The van der Waals surface area contributed by atoms with E-state index in [4.69, 9.17) is 15.0 Å². The second kappa shape index (κ2) is 19.8. The zero-order chi connectivity index (χ0) is 43.2. The van der Waals surface area contributed by atoms with Crippen molar-refractivity contribution in [3.63, 3.8) is 0 Å². The highest BCUT2D eigenvalue weighted by molar-refractivity contribution is 6.48. The van der Waals surface area contributed by atoms with Crippen molar-refractivity contribution in [1.29, 1.82) is 0 Å². The summed E-state index contributed by atoms with van der Waals surface area (Å²) in [5.74, 6) is -0.320. The number of benzene rings is 1. The van der Waals surface area contributed by atoms with Crippen LogP contribution in [0.5, 0.6) is 0 Å². The Morgan fingerprint density at radius 2 is 1.62 bits per heavy atom. The highest BCUT2D eigenvalue weighted by Crippen LogP contribution is 2.64. The second-order valence-corrected chi connectivity index (χ2v) is 19.4. The van der Waals surface area contributed by atoms with Crippen molar-refractivity contribution < 1.29 is 33.5 Å². The van der Waals surface area contributed by atoms with E-state index >= 15 is 0 Å². The van der Waals surface area contributed by atoms with Crippen LogP contribution >= 0.6 is 0 Å². The number of hydrogen-bond acceptors (Lipinski definition) is 8. The van der Waals surface area contributed by atoms with E-state index in [0.29, 0.717) is 42.3 Å². The Bertz CT molecular complexity index is 1720. The van der Waals surface area contributed by atoms with Gasteiger partial charge in [0.15, 0.2) is 5.03 Å². The number of carbonyl (C=O) groups excluding carboxylic acids is 4. The van der Waals surface area contributed by atoms with Crippen LogP contribution in [0.25, 0.3) is 0 Å². The molecule has 16 heteroatoms. The minimum Gasteiger partial charge on any atom is -0.404 e. The van der Waals surface area contributed by atoms with Crippen LogP contribution in [-0.4, -0.2) is 83.4 Å². The van der Waals surface area contributed by atoms with Crippen LogP contribution in [0.15, 0.2) is 29.4 Å². The van der Waals surface area contributed by atoms with E-state index in [2.05, 4.69) is 55.7 Å². The molecule has 4 saturated carbocycles. The van der Waals surface area contributed by atoms with E-state index in [0.717, 1.165) is 83.5 Å². The quantitative estimate of drug-likeness (QED) is 0.0205. The Balaban J connectivity index is 1.04. The minimum atomic E-state index is -0.869. The molecule has 1 aromatic carbocycles. The maximum Gasteiger partial charge on any atom is 0.481 e. The van der Waals surface area contributed by atoms with Gasteiger partial charge >= 0.3 is 7.12 Å². The summed E-state index contributed by atoms with van der Waals surface area (Å²) in [5.41, 5.74) is 6.40. The normalized spacial score (nSPS) is 26.0. The molecule has 0 radical (unpaired) electrons. The molecule has 0 spiro atoms. The number of nitrogens with one attached hydrogen (secondary N) is 3. The van der Waals surface area contributed by atoms with E-state index in [-0.39, 0.29) is 71.8 Å². The number of hydrogen-bond donors (Lipinski definition) is 4. The van der Waals surface area contributed by atoms with Gasteiger partial charge in [-0.05, 0) is 106 Å². The molecule has 1 unspecified atom stereocenters. The van der Waals surface area contributed by atoms with Gasteiger partial charge < -0.3 is 31.0 Å². The highest BCUT2D eigenvalue weighted by atomic mass is 16.7. The fourth-order valence-corrected chi connectivity index (χ4v) is 10.9. The number of nitro groups is 1. The number of hydrazone groups is 1. The lowest BCUT2D eigenvalue weighted by Crippen LogP contribution is -2.63. The third kappa shape index (κ3) is 10.5. The predicted octanol–water partition coefficient (Wildman–Crippen LogP) is 5.98. The second-order valence-electron chi connectivity index (χ2n) is 19.4. The van der Waals surface area contributed by atoms with E-state index < -0.39 is 29.7 Å². The molecule has 4 amide bonds. The maximum atomic E-state index is 14.3. The van der Waals surface area contributed by atoms with Gasteiger partial charge in [-0.2, -0.15) is 0 Å². The number of imide groups is 1. The number of unbranched alkanes of at least 4 members (excludes halogenated alkanes) is 5. The van der Waals surface area contributed by atoms with Crippen molar-refractivity contribution in [1.82, 2.24) is 20.9 Å². The number of fused-ring (bicyclic) bond motifs is 1. The molecule has 2 bridgehead atoms. The first kappa shape index (κ1) is 45.5. The molecular formula is C44H68BN7O8. The predicted molar refractivity (Wildman–Crippen MR) is 229 cm³/mol. The van der Waals surface area contributed by atoms with Gasteiger partial charge in [0.1, 0.15) is 11.1 Å². The van der Waals surface area contributed by atoms with Gasteiger partial charge in [-0.25, -0.2) is 10.1 Å². The fourth-order valence-electron chi connectivity index (χ4n) is 10.9. The van der Waals surface area contributed by atoms with Crippen LogP contribution in [0, 0.1) is 45.1 Å². The summed E-state index contributed by atoms with van der Waals surface area (Å²) in [6.45, 7) is 11.6. The monoisotopic (exact) mass is 834 g/mol. The molecule has 5 N–H and O–H groups in total. The Kier molecular flexibility index (Phi) is 15.0. The smallest absolute Gasteiger partial charge is 0.404 e. The standard InChI is InChI=1S/C44H68BN7O8/c1-28(2)25-36(45-59-37-34-26-30(43(34,3)4)27-44(37,5)60-45)49-39(54)35(22-16-23-47-42(46)50-52(57)58)48-38(53)31(29-17-11-12-18-29)19-10-8-6-7-9-15-24-51-40(55)32-20-13-14-21-33(32)41(51)56/h13-14,20-21,28-31,34-37H,6-12,15-19,22-27H2,1-5H3,(H,48,53)(H,49,54)(H3,46,47,50)/t30-,31?,34-,35-,36-,37+,44-/m0/s1. The summed E-state index contributed by atoms with van der Waals surface area (Å²) in [6, 6.07) is 6.12. The van der Waals surface area contributed by atoms with Gasteiger partial charge in [0.25, 0.3) is 17.8 Å². The lowest BCUT2D eigenvalue weighted by Gasteiger charge is -2.63. The molecule has 4 aliphatic carbocycles. The summed E-state index contributed by atoms with van der Waals surface area (Å²) >= 11 is 0. The van der Waals surface area contributed by atoms with Crippen LogP contribution in [0.3, 0.4) is 0 Å². The topological polar surface area (TPSA) is 208 Å². The molecule has 2 aliphatic heterocycles. The van der Waals surface area contributed by atoms with Crippen LogP contribution in [0.1, 0.15) is 158 Å². The molecule has 0 aromatic heterocycles. The van der Waals surface area contributed by atoms with Gasteiger partial charge in [0.05, 0.1) is 28.8 Å². The van der Waals surface area contributed by atoms with Crippen molar-refractivity contribution in [2.24, 2.45) is 45.8 Å². The first-order valence-electron chi connectivity index (χ1n) is 22.7. The summed E-state index contributed by atoms with van der Waals surface area (Å²) in [4.78, 5) is 66.2. The third-order valence-corrected chi connectivity index (χ3v) is 14.3. The Hall–Kier alpha value is -4.05. The highest BCUT2D eigenvalue weighted by Gasteiger charge is 2.67. The van der Waals surface area contributed by atoms with Crippen molar-refractivity contribution in [2.45, 2.75) is 161 Å². The van der Waals surface area contributed by atoms with Gasteiger partial charge in [-0.3, -0.25) is 24.1 Å². The first-order valence-corrected chi connectivity index (χ1v) is 22.7. The molecule has 330 valence electrons. The van der Waals surface area contributed by atoms with Crippen molar-refractivity contribution in [3.8, 4) is 0 Å². The fraction of sp³-hybridized carbons (Fsp3) is 0.750. The number of rotatable bonds is 22. The number of carbonyl (C=O) groups is 4. The third-order valence-electron chi connectivity index (χ3n) is 14.3. The average molecular weight is 834 g/mol. The van der Waals surface area contributed by atoms with E-state index in [1.54, 1.807) is 24.3 Å². The van der Waals surface area contributed by atoms with Gasteiger partial charge in [0.2, 0.25) is 11.8 Å². The molecule has 1 aromatic rings. The molecule has 7 atom stereocenters. The van der Waals surface area contributed by atoms with Gasteiger partial charge in [0, 0.05) is 19.0 Å². The van der Waals surface area contributed by atoms with Crippen LogP contribution in [-0.2, 0) is 18.9 Å². The first-order chi connectivity index (χ1) is 28.6. The van der Waals surface area contributed by atoms with Gasteiger partial charge in [-0.1, -0.05) is 84.8 Å². The Morgan fingerprint density at radius 3 is 2.25 bits per heavy atom. The lowest BCUT2D eigenvalue weighted by atomic mass is 9.45. The molecule has 7 rings (SSSR count). The number of nitrogens with zero attached hydrogens (tertiary/aromatic N) is 3. The van der Waals surface area contributed by atoms with E-state index in [1.807, 2.05) is 0 Å². The maximum absolute atomic E-state index is 14.3. The Morgan fingerprint density at radius 1 is 0.967 bits per heavy atom. The largest absolute Gasteiger partial charge is 0.481 e. The SMILES string of the molecule is CC(C)C[C@H](NC(=O)[C@H](CCCN/C(N)=N\[N+](=O)[O-])NC(=O)C(CCCCCCCCN1C(=O)c2ccccc2C1=O)C1CCCC1)B1O[C@@H]2[C@@H]3C[C@@H](C[C@]2(C)O1)C3(C)C. The zero-order valence-electron chi connectivity index (χ0n) is 36.4. The molecule has 5 fully saturated rings. The minimum absolute atomic E-state index is 0.0427. The van der Waals surface area contributed by atoms with Gasteiger partial charge in [-0.15, -0.1) is 0 Å². The van der Waals surface area contributed by atoms with Crippen LogP contribution in [0.2, 0.25) is 0 Å². The van der Waals surface area contributed by atoms with E-state index in [1.165, 1.54) is 4.90 Å². The van der Waals surface area contributed by atoms with E-state index in [9.17, 15) is 29.3 Å². The molecular weight excluding hydrogens is 765 g/mol. The number of guanidine groups is 1. The molecule has 60 heavy (non-hydrogen) atoms. The summed E-state index contributed by atoms with van der Waals surface area (Å²) < 4.78 is 13.4. The molecule has 2 heterocycles. The summed E-state index contributed by atoms with van der Waals surface area (Å²) in [6.07, 6.45) is 13.7. The zero-order valence-corrected chi connectivity index (χ0v) is 36.4. The molecule has 1 saturated heterocycles. The molecule has 6 aliphatic rings. The van der Waals surface area contributed by atoms with Crippen LogP contribution in [0.4, 0.5) is 0 Å². The van der Waals surface area contributed by atoms with Crippen LogP contribution < -0.4 is 21.7 Å².